The van der Waals surface area contributed by atoms with E-state index in [2.05, 4.69) is 5.32 Å². The average Bonchev–Trinajstić information content (AvgIpc) is 3.18. The number of amides is 1. The second-order valence-corrected chi connectivity index (χ2v) is 7.70. The van der Waals surface area contributed by atoms with Gasteiger partial charge in [-0.05, 0) is 32.0 Å². The minimum atomic E-state index is -1.97. The zero-order valence-electron chi connectivity index (χ0n) is 16.7. The van der Waals surface area contributed by atoms with Crippen molar-refractivity contribution in [2.75, 3.05) is 5.32 Å². The molecular formula is C22H18N4O5. The zero-order chi connectivity index (χ0) is 22.1. The summed E-state index contributed by atoms with van der Waals surface area (Å²) in [7, 11) is 0. The molecule has 9 nitrogen and oxygen atoms in total. The number of fused-ring (bicyclic) bond motifs is 5. The summed E-state index contributed by atoms with van der Waals surface area (Å²) in [6.07, 6.45) is -0.513. The Hall–Kier alpha value is -4.14. The van der Waals surface area contributed by atoms with E-state index in [9.17, 15) is 19.2 Å². The van der Waals surface area contributed by atoms with E-state index in [0.717, 1.165) is 9.36 Å². The first-order valence-corrected chi connectivity index (χ1v) is 9.70. The van der Waals surface area contributed by atoms with Crippen LogP contribution in [-0.4, -0.2) is 27.3 Å². The van der Waals surface area contributed by atoms with Crippen molar-refractivity contribution in [2.24, 2.45) is 5.73 Å². The molecule has 0 fully saturated rings. The second-order valence-electron chi connectivity index (χ2n) is 7.70. The summed E-state index contributed by atoms with van der Waals surface area (Å²) in [5, 5.41) is 2.96. The molecular weight excluding hydrogens is 400 g/mol. The van der Waals surface area contributed by atoms with Gasteiger partial charge in [-0.25, -0.2) is 9.48 Å². The lowest BCUT2D eigenvalue weighted by molar-refractivity contribution is -0.144. The van der Waals surface area contributed by atoms with Gasteiger partial charge in [0.25, 0.3) is 17.0 Å². The van der Waals surface area contributed by atoms with Gasteiger partial charge < -0.3 is 15.8 Å². The molecule has 2 aliphatic rings. The van der Waals surface area contributed by atoms with Crippen molar-refractivity contribution in [1.82, 2.24) is 9.36 Å². The Morgan fingerprint density at radius 3 is 2.29 bits per heavy atom. The van der Waals surface area contributed by atoms with E-state index in [-0.39, 0.29) is 22.2 Å². The highest BCUT2D eigenvalue weighted by Gasteiger charge is 2.61. The molecule has 9 heteroatoms. The maximum absolute atomic E-state index is 13.6. The molecule has 0 saturated heterocycles. The number of hydrogen-bond acceptors (Lipinski definition) is 6. The van der Waals surface area contributed by atoms with Crippen molar-refractivity contribution in [2.45, 2.75) is 25.5 Å². The smallest absolute Gasteiger partial charge is 0.341 e. The highest BCUT2D eigenvalue weighted by molar-refractivity contribution is 6.16. The fourth-order valence-corrected chi connectivity index (χ4v) is 4.41. The molecule has 1 aromatic heterocycles. The first-order valence-electron chi connectivity index (χ1n) is 9.70. The molecule has 1 amide bonds. The van der Waals surface area contributed by atoms with E-state index in [0.29, 0.717) is 11.3 Å². The van der Waals surface area contributed by atoms with Crippen molar-refractivity contribution in [3.63, 3.8) is 0 Å². The van der Waals surface area contributed by atoms with Gasteiger partial charge in [0.1, 0.15) is 11.4 Å². The van der Waals surface area contributed by atoms with Crippen LogP contribution in [0.1, 0.15) is 19.4 Å². The summed E-state index contributed by atoms with van der Waals surface area (Å²) < 4.78 is 7.26. The number of aromatic nitrogens is 2. The Balaban J connectivity index is 2.00. The summed E-state index contributed by atoms with van der Waals surface area (Å²) in [4.78, 5) is 53.6. The SMILES string of the molecule is CC(C)OC(=O)C1=C(N)n2c(=O)c3ccccc3c(=O)n2C12C(=O)Nc1ccccc12. The quantitative estimate of drug-likeness (QED) is 0.597. The van der Waals surface area contributed by atoms with Crippen LogP contribution < -0.4 is 22.2 Å². The lowest BCUT2D eigenvalue weighted by Gasteiger charge is -2.27. The van der Waals surface area contributed by atoms with Gasteiger partial charge in [0.2, 0.25) is 5.54 Å². The summed E-state index contributed by atoms with van der Waals surface area (Å²) >= 11 is 0. The van der Waals surface area contributed by atoms with E-state index < -0.39 is 34.6 Å². The number of para-hydroxylation sites is 1. The fraction of sp³-hybridized carbons (Fsp3) is 0.182. The number of carbonyl (C=O) groups excluding carboxylic acids is 2. The van der Waals surface area contributed by atoms with E-state index in [1.807, 2.05) is 0 Å². The molecule has 0 bridgehead atoms. The molecule has 0 radical (unpaired) electrons. The first kappa shape index (κ1) is 18.9. The second kappa shape index (κ2) is 6.18. The summed E-state index contributed by atoms with van der Waals surface area (Å²) in [5.74, 6) is -1.86. The number of esters is 1. The molecule has 2 aromatic carbocycles. The maximum atomic E-state index is 13.6. The van der Waals surface area contributed by atoms with E-state index in [1.54, 1.807) is 50.2 Å². The third-order valence-corrected chi connectivity index (χ3v) is 5.58. The zero-order valence-corrected chi connectivity index (χ0v) is 16.7. The van der Waals surface area contributed by atoms with Crippen LogP contribution in [0.3, 0.4) is 0 Å². The van der Waals surface area contributed by atoms with Crippen molar-refractivity contribution < 1.29 is 14.3 Å². The molecule has 3 aromatic rings. The lowest BCUT2D eigenvalue weighted by Crippen LogP contribution is -2.52. The highest BCUT2D eigenvalue weighted by Crippen LogP contribution is 2.47. The topological polar surface area (TPSA) is 125 Å². The lowest BCUT2D eigenvalue weighted by atomic mass is 9.84. The maximum Gasteiger partial charge on any atom is 0.341 e. The molecule has 156 valence electrons. The number of nitrogens with two attached hydrogens (primary N) is 1. The summed E-state index contributed by atoms with van der Waals surface area (Å²) in [6.45, 7) is 3.30. The number of benzene rings is 2. The molecule has 0 saturated carbocycles. The van der Waals surface area contributed by atoms with Crippen molar-refractivity contribution in [3.8, 4) is 0 Å². The standard InChI is InChI=1S/C22H18N4O5/c1-11(2)31-20(29)16-17(23)25-18(27)12-7-3-4-8-13(12)19(28)26(25)22(16)14-9-5-6-10-15(14)24-21(22)30/h3-11H,23H2,1-2H3,(H,24,30). The van der Waals surface area contributed by atoms with Gasteiger partial charge in [-0.3, -0.25) is 14.4 Å². The normalized spacial score (nSPS) is 19.1. The number of nitrogens with one attached hydrogen (secondary N) is 1. The van der Waals surface area contributed by atoms with Gasteiger partial charge in [-0.15, -0.1) is 0 Å². The molecule has 3 heterocycles. The number of anilines is 1. The third-order valence-electron chi connectivity index (χ3n) is 5.58. The van der Waals surface area contributed by atoms with E-state index >= 15 is 0 Å². The van der Waals surface area contributed by atoms with Crippen LogP contribution >= 0.6 is 0 Å². The molecule has 0 aliphatic carbocycles. The molecule has 31 heavy (non-hydrogen) atoms. The van der Waals surface area contributed by atoms with Gasteiger partial charge in [0, 0.05) is 11.3 Å². The van der Waals surface area contributed by atoms with E-state index in [4.69, 9.17) is 10.5 Å². The van der Waals surface area contributed by atoms with Crippen molar-refractivity contribution in [3.05, 3.63) is 80.4 Å². The monoisotopic (exact) mass is 418 g/mol. The van der Waals surface area contributed by atoms with E-state index in [1.165, 1.54) is 12.1 Å². The largest absolute Gasteiger partial charge is 0.459 e. The van der Waals surface area contributed by atoms with Crippen LogP contribution in [0.15, 0.2) is 63.7 Å². The molecule has 1 spiro atoms. The Morgan fingerprint density at radius 1 is 1.00 bits per heavy atom. The van der Waals surface area contributed by atoms with Crippen LogP contribution in [0.4, 0.5) is 5.69 Å². The van der Waals surface area contributed by atoms with Crippen LogP contribution in [0.25, 0.3) is 16.6 Å². The molecule has 1 atom stereocenters. The Bertz CT molecular complexity index is 1460. The van der Waals surface area contributed by atoms with Gasteiger partial charge in [-0.2, -0.15) is 4.68 Å². The Labute approximate surface area is 175 Å². The third kappa shape index (κ3) is 2.20. The molecule has 5 rings (SSSR count). The van der Waals surface area contributed by atoms with Crippen LogP contribution in [0.2, 0.25) is 0 Å². The summed E-state index contributed by atoms with van der Waals surface area (Å²) in [5.41, 5.74) is 3.58. The average molecular weight is 418 g/mol. The van der Waals surface area contributed by atoms with Crippen LogP contribution in [-0.2, 0) is 19.9 Å². The Kier molecular flexibility index (Phi) is 3.76. The highest BCUT2D eigenvalue weighted by atomic mass is 16.5. The van der Waals surface area contributed by atoms with Crippen molar-refractivity contribution >= 4 is 34.2 Å². The van der Waals surface area contributed by atoms with Crippen molar-refractivity contribution in [1.29, 1.82) is 0 Å². The van der Waals surface area contributed by atoms with Gasteiger partial charge in [-0.1, -0.05) is 30.3 Å². The minimum Gasteiger partial charge on any atom is -0.459 e. The number of hydrogen-bond donors (Lipinski definition) is 2. The number of carbonyl (C=O) groups is 2. The fourth-order valence-electron chi connectivity index (χ4n) is 4.41. The molecule has 2 aliphatic heterocycles. The number of nitrogens with zero attached hydrogens (tertiary/aromatic N) is 2. The van der Waals surface area contributed by atoms with Gasteiger partial charge in [0.15, 0.2) is 0 Å². The van der Waals surface area contributed by atoms with Crippen LogP contribution in [0.5, 0.6) is 0 Å². The predicted molar refractivity (Wildman–Crippen MR) is 113 cm³/mol. The van der Waals surface area contributed by atoms with Crippen LogP contribution in [0, 0.1) is 0 Å². The minimum absolute atomic E-state index is 0.117. The number of ether oxygens (including phenoxy) is 1. The molecule has 1 unspecified atom stereocenters. The number of rotatable bonds is 2. The van der Waals surface area contributed by atoms with Gasteiger partial charge in [0.05, 0.1) is 16.9 Å². The first-order chi connectivity index (χ1) is 14.8. The Morgan fingerprint density at radius 2 is 1.61 bits per heavy atom. The molecule has 3 N–H and O–H groups in total. The predicted octanol–water partition coefficient (Wildman–Crippen LogP) is 0.951. The summed E-state index contributed by atoms with van der Waals surface area (Å²) in [6, 6.07) is 12.9. The van der Waals surface area contributed by atoms with Gasteiger partial charge >= 0.3 is 5.97 Å².